The number of rotatable bonds is 3. The molecule has 0 saturated carbocycles. The van der Waals surface area contributed by atoms with Crippen molar-refractivity contribution in [3.8, 4) is 0 Å². The van der Waals surface area contributed by atoms with Crippen molar-refractivity contribution < 1.29 is 9.59 Å². The molecule has 1 aromatic rings. The molecule has 0 bridgehead atoms. The third kappa shape index (κ3) is 3.00. The van der Waals surface area contributed by atoms with E-state index in [4.69, 9.17) is 0 Å². The van der Waals surface area contributed by atoms with Crippen LogP contribution >= 0.6 is 0 Å². The normalized spacial score (nSPS) is 25.5. The number of piperidine rings is 1. The van der Waals surface area contributed by atoms with Crippen molar-refractivity contribution in [1.82, 2.24) is 19.6 Å². The van der Waals surface area contributed by atoms with E-state index in [1.807, 2.05) is 21.8 Å². The molecule has 2 atom stereocenters. The summed E-state index contributed by atoms with van der Waals surface area (Å²) in [5.41, 5.74) is 0. The Balaban J connectivity index is 1.72. The second kappa shape index (κ2) is 6.50. The lowest BCUT2D eigenvalue weighted by atomic mass is 10.0. The van der Waals surface area contributed by atoms with Gasteiger partial charge in [-0.3, -0.25) is 14.3 Å². The maximum Gasteiger partial charge on any atom is 0.245 e. The quantitative estimate of drug-likeness (QED) is 0.845. The van der Waals surface area contributed by atoms with Crippen molar-refractivity contribution in [2.75, 3.05) is 13.1 Å². The lowest BCUT2D eigenvalue weighted by Gasteiger charge is -2.38. The highest BCUT2D eigenvalue weighted by Crippen LogP contribution is 2.25. The zero-order valence-corrected chi connectivity index (χ0v) is 13.1. The van der Waals surface area contributed by atoms with Gasteiger partial charge in [0.05, 0.1) is 12.6 Å². The maximum atomic E-state index is 13.0. The van der Waals surface area contributed by atoms with Crippen LogP contribution in [0.4, 0.5) is 0 Å². The smallest absolute Gasteiger partial charge is 0.245 e. The molecule has 120 valence electrons. The molecule has 2 fully saturated rings. The molecule has 2 aliphatic rings. The lowest BCUT2D eigenvalue weighted by Crippen LogP contribution is -2.53. The number of nitrogens with zero attached hydrogens (tertiary/aromatic N) is 4. The molecule has 2 aliphatic heterocycles. The van der Waals surface area contributed by atoms with Crippen LogP contribution < -0.4 is 0 Å². The maximum absolute atomic E-state index is 13.0. The van der Waals surface area contributed by atoms with Crippen molar-refractivity contribution in [1.29, 1.82) is 0 Å². The van der Waals surface area contributed by atoms with Gasteiger partial charge in [-0.25, -0.2) is 0 Å². The van der Waals surface area contributed by atoms with Crippen molar-refractivity contribution >= 4 is 11.8 Å². The molecule has 3 heterocycles. The Morgan fingerprint density at radius 3 is 2.68 bits per heavy atom. The molecule has 6 heteroatoms. The van der Waals surface area contributed by atoms with Crippen LogP contribution in [0.25, 0.3) is 0 Å². The molecular formula is C16H24N4O2. The fraction of sp³-hybridized carbons (Fsp3) is 0.688. The first kappa shape index (κ1) is 15.1. The Hall–Kier alpha value is -1.85. The van der Waals surface area contributed by atoms with E-state index >= 15 is 0 Å². The standard InChI is InChI=1S/C16H24N4O2/c1-13(21)19-11-4-7-15(19)16(22)20-10-3-2-6-14(20)12-18-9-5-8-17-18/h5,8-9,14-15H,2-4,6-7,10-12H2,1H3. The van der Waals surface area contributed by atoms with Crippen LogP contribution in [0.1, 0.15) is 39.0 Å². The summed E-state index contributed by atoms with van der Waals surface area (Å²) < 4.78 is 1.90. The highest BCUT2D eigenvalue weighted by molar-refractivity contribution is 5.87. The molecule has 22 heavy (non-hydrogen) atoms. The minimum atomic E-state index is -0.254. The van der Waals surface area contributed by atoms with Gasteiger partial charge in [0.2, 0.25) is 11.8 Å². The SMILES string of the molecule is CC(=O)N1CCCC1C(=O)N1CCCCC1Cn1cccn1. The minimum absolute atomic E-state index is 0.0106. The van der Waals surface area contributed by atoms with Crippen molar-refractivity contribution in [2.24, 2.45) is 0 Å². The predicted molar refractivity (Wildman–Crippen MR) is 82.0 cm³/mol. The molecule has 0 spiro atoms. The predicted octanol–water partition coefficient (Wildman–Crippen LogP) is 1.28. The van der Waals surface area contributed by atoms with E-state index in [-0.39, 0.29) is 23.9 Å². The molecule has 1 aromatic heterocycles. The highest BCUT2D eigenvalue weighted by atomic mass is 16.2. The highest BCUT2D eigenvalue weighted by Gasteiger charge is 2.38. The number of carbonyl (C=O) groups excluding carboxylic acids is 2. The van der Waals surface area contributed by atoms with E-state index in [0.717, 1.165) is 45.2 Å². The van der Waals surface area contributed by atoms with Crippen LogP contribution in [0.5, 0.6) is 0 Å². The molecule has 0 radical (unpaired) electrons. The van der Waals surface area contributed by atoms with Crippen LogP contribution in [0.3, 0.4) is 0 Å². The van der Waals surface area contributed by atoms with Gasteiger partial charge in [-0.1, -0.05) is 0 Å². The molecular weight excluding hydrogens is 280 g/mol. The van der Waals surface area contributed by atoms with Crippen LogP contribution in [0.2, 0.25) is 0 Å². The van der Waals surface area contributed by atoms with Gasteiger partial charge in [0, 0.05) is 32.4 Å². The van der Waals surface area contributed by atoms with Crippen LogP contribution in [0, 0.1) is 0 Å². The Morgan fingerprint density at radius 2 is 1.95 bits per heavy atom. The minimum Gasteiger partial charge on any atom is -0.336 e. The third-order valence-electron chi connectivity index (χ3n) is 4.81. The second-order valence-corrected chi connectivity index (χ2v) is 6.28. The van der Waals surface area contributed by atoms with Gasteiger partial charge in [0.1, 0.15) is 6.04 Å². The molecule has 6 nitrogen and oxygen atoms in total. The Bertz CT molecular complexity index is 528. The Labute approximate surface area is 131 Å². The molecule has 3 rings (SSSR count). The Kier molecular flexibility index (Phi) is 4.45. The summed E-state index contributed by atoms with van der Waals surface area (Å²) in [5, 5.41) is 4.26. The zero-order valence-electron chi connectivity index (χ0n) is 13.1. The van der Waals surface area contributed by atoms with Gasteiger partial charge in [-0.15, -0.1) is 0 Å². The van der Waals surface area contributed by atoms with Crippen LogP contribution in [0.15, 0.2) is 18.5 Å². The fourth-order valence-corrected chi connectivity index (χ4v) is 3.70. The van der Waals surface area contributed by atoms with Crippen molar-refractivity contribution in [3.05, 3.63) is 18.5 Å². The molecule has 2 saturated heterocycles. The summed E-state index contributed by atoms with van der Waals surface area (Å²) >= 11 is 0. The van der Waals surface area contributed by atoms with E-state index in [0.29, 0.717) is 6.54 Å². The third-order valence-corrected chi connectivity index (χ3v) is 4.81. The summed E-state index contributed by atoms with van der Waals surface area (Å²) in [7, 11) is 0. The zero-order chi connectivity index (χ0) is 15.5. The average molecular weight is 304 g/mol. The lowest BCUT2D eigenvalue weighted by molar-refractivity contribution is -0.145. The molecule has 2 unspecified atom stereocenters. The van der Waals surface area contributed by atoms with Crippen molar-refractivity contribution in [2.45, 2.75) is 57.7 Å². The van der Waals surface area contributed by atoms with E-state index in [9.17, 15) is 9.59 Å². The summed E-state index contributed by atoms with van der Waals surface area (Å²) in [6.45, 7) is 3.81. The second-order valence-electron chi connectivity index (χ2n) is 6.28. The number of carbonyl (C=O) groups is 2. The number of hydrogen-bond donors (Lipinski definition) is 0. The first-order chi connectivity index (χ1) is 10.7. The summed E-state index contributed by atoms with van der Waals surface area (Å²) in [6, 6.07) is 1.84. The Morgan fingerprint density at radius 1 is 1.14 bits per heavy atom. The number of aromatic nitrogens is 2. The first-order valence-electron chi connectivity index (χ1n) is 8.22. The van der Waals surface area contributed by atoms with Gasteiger partial charge >= 0.3 is 0 Å². The number of amides is 2. The van der Waals surface area contributed by atoms with E-state index in [2.05, 4.69) is 5.10 Å². The van der Waals surface area contributed by atoms with E-state index in [1.54, 1.807) is 18.0 Å². The number of likely N-dealkylation sites (tertiary alicyclic amines) is 2. The summed E-state index contributed by atoms with van der Waals surface area (Å²) in [5.74, 6) is 0.140. The van der Waals surface area contributed by atoms with Gasteiger partial charge in [-0.05, 0) is 38.2 Å². The van der Waals surface area contributed by atoms with Gasteiger partial charge in [0.15, 0.2) is 0 Å². The molecule has 0 aromatic carbocycles. The van der Waals surface area contributed by atoms with E-state index < -0.39 is 0 Å². The molecule has 0 aliphatic carbocycles. The number of hydrogen-bond acceptors (Lipinski definition) is 3. The first-order valence-corrected chi connectivity index (χ1v) is 8.22. The molecule has 0 N–H and O–H groups in total. The largest absolute Gasteiger partial charge is 0.336 e. The monoisotopic (exact) mass is 304 g/mol. The van der Waals surface area contributed by atoms with E-state index in [1.165, 1.54) is 0 Å². The van der Waals surface area contributed by atoms with Gasteiger partial charge in [-0.2, -0.15) is 5.10 Å². The topological polar surface area (TPSA) is 58.4 Å². The average Bonchev–Trinajstić information content (AvgIpc) is 3.18. The summed E-state index contributed by atoms with van der Waals surface area (Å²) in [4.78, 5) is 28.4. The fourth-order valence-electron chi connectivity index (χ4n) is 3.70. The van der Waals surface area contributed by atoms with Crippen molar-refractivity contribution in [3.63, 3.8) is 0 Å². The summed E-state index contributed by atoms with van der Waals surface area (Å²) in [6.07, 6.45) is 8.64. The van der Waals surface area contributed by atoms with Crippen LogP contribution in [-0.4, -0.2) is 56.6 Å². The van der Waals surface area contributed by atoms with Gasteiger partial charge < -0.3 is 9.80 Å². The van der Waals surface area contributed by atoms with Gasteiger partial charge in [0.25, 0.3) is 0 Å². The van der Waals surface area contributed by atoms with Crippen LogP contribution in [-0.2, 0) is 16.1 Å². The molecule has 2 amide bonds.